The highest BCUT2D eigenvalue weighted by atomic mass is 16.5. The highest BCUT2D eigenvalue weighted by Gasteiger charge is 2.33. The van der Waals surface area contributed by atoms with Gasteiger partial charge in [0.2, 0.25) is 5.91 Å². The Morgan fingerprint density at radius 1 is 1.14 bits per heavy atom. The normalized spacial score (nSPS) is 16.3. The molecular formula is C27H29N5O3. The number of benzene rings is 2. The molecule has 2 unspecified atom stereocenters. The Morgan fingerprint density at radius 2 is 1.86 bits per heavy atom. The van der Waals surface area contributed by atoms with Gasteiger partial charge in [0.15, 0.2) is 11.7 Å². The number of nitrogens with one attached hydrogen (secondary N) is 1. The standard InChI is InChI=1S/C27H29N5O3/c1-2-35-27(34)20-11-8-16-32(18-20)25-24(30-22-12-6-7-13-23(22)31-25)21(17-28)26(33)29-15-14-19-9-4-3-5-10-19/h3-7,9-10,12-13,20-21H,2,8,11,14-16,18H2,1H3,(H,29,33). The van der Waals surface area contributed by atoms with Crippen LogP contribution in [0, 0.1) is 17.2 Å². The van der Waals surface area contributed by atoms with E-state index in [9.17, 15) is 14.9 Å². The Morgan fingerprint density at radius 3 is 2.57 bits per heavy atom. The van der Waals surface area contributed by atoms with Crippen molar-refractivity contribution in [1.82, 2.24) is 15.3 Å². The molecule has 4 rings (SSSR count). The van der Waals surface area contributed by atoms with Gasteiger partial charge in [-0.25, -0.2) is 9.97 Å². The van der Waals surface area contributed by atoms with Gasteiger partial charge in [0.05, 0.1) is 29.6 Å². The number of piperidine rings is 1. The summed E-state index contributed by atoms with van der Waals surface area (Å²) in [5.74, 6) is -1.58. The molecule has 2 atom stereocenters. The summed E-state index contributed by atoms with van der Waals surface area (Å²) in [5, 5.41) is 12.9. The zero-order valence-electron chi connectivity index (χ0n) is 19.8. The lowest BCUT2D eigenvalue weighted by molar-refractivity contribution is -0.148. The number of hydrogen-bond donors (Lipinski definition) is 1. The number of carbonyl (C=O) groups is 2. The number of nitriles is 1. The van der Waals surface area contributed by atoms with Crippen molar-refractivity contribution in [2.24, 2.45) is 5.92 Å². The van der Waals surface area contributed by atoms with Gasteiger partial charge >= 0.3 is 5.97 Å². The predicted molar refractivity (Wildman–Crippen MR) is 133 cm³/mol. The fourth-order valence-electron chi connectivity index (χ4n) is 4.37. The average Bonchev–Trinajstić information content (AvgIpc) is 2.89. The van der Waals surface area contributed by atoms with E-state index in [0.717, 1.165) is 18.4 Å². The second-order valence-corrected chi connectivity index (χ2v) is 8.55. The van der Waals surface area contributed by atoms with Crippen molar-refractivity contribution in [2.45, 2.75) is 32.1 Å². The van der Waals surface area contributed by atoms with Crippen LogP contribution in [0.15, 0.2) is 54.6 Å². The molecule has 1 amide bonds. The Labute approximate surface area is 204 Å². The quantitative estimate of drug-likeness (QED) is 0.502. The lowest BCUT2D eigenvalue weighted by Crippen LogP contribution is -2.41. The second kappa shape index (κ2) is 11.4. The van der Waals surface area contributed by atoms with E-state index in [1.807, 2.05) is 59.5 Å². The van der Waals surface area contributed by atoms with Gasteiger partial charge in [0.25, 0.3) is 0 Å². The molecule has 1 aromatic heterocycles. The van der Waals surface area contributed by atoms with Gasteiger partial charge in [0, 0.05) is 19.6 Å². The maximum atomic E-state index is 13.1. The number of ether oxygens (including phenoxy) is 1. The van der Waals surface area contributed by atoms with Crippen molar-refractivity contribution in [1.29, 1.82) is 5.26 Å². The number of hydrogen-bond acceptors (Lipinski definition) is 7. The SMILES string of the molecule is CCOC(=O)C1CCCN(c2nc3ccccc3nc2C(C#N)C(=O)NCCc2ccccc2)C1. The smallest absolute Gasteiger partial charge is 0.310 e. The number of esters is 1. The number of para-hydroxylation sites is 2. The predicted octanol–water partition coefficient (Wildman–Crippen LogP) is 3.38. The molecule has 1 saturated heterocycles. The van der Waals surface area contributed by atoms with E-state index in [4.69, 9.17) is 14.7 Å². The molecule has 1 fully saturated rings. The third kappa shape index (κ3) is 5.75. The van der Waals surface area contributed by atoms with Crippen LogP contribution in [-0.4, -0.2) is 48.1 Å². The van der Waals surface area contributed by atoms with Crippen molar-refractivity contribution in [2.75, 3.05) is 31.1 Å². The molecule has 1 N–H and O–H groups in total. The molecular weight excluding hydrogens is 442 g/mol. The van der Waals surface area contributed by atoms with E-state index in [2.05, 4.69) is 11.4 Å². The molecule has 1 aliphatic rings. The first-order chi connectivity index (χ1) is 17.1. The largest absolute Gasteiger partial charge is 0.466 e. The molecule has 2 aromatic carbocycles. The van der Waals surface area contributed by atoms with Crippen molar-refractivity contribution in [3.63, 3.8) is 0 Å². The Bertz CT molecular complexity index is 1220. The number of rotatable bonds is 8. The Balaban J connectivity index is 1.60. The summed E-state index contributed by atoms with van der Waals surface area (Å²) in [6.07, 6.45) is 2.17. The zero-order valence-corrected chi connectivity index (χ0v) is 19.8. The molecule has 8 heteroatoms. The fourth-order valence-corrected chi connectivity index (χ4v) is 4.37. The molecule has 3 aromatic rings. The van der Waals surface area contributed by atoms with E-state index in [1.165, 1.54) is 0 Å². The highest BCUT2D eigenvalue weighted by Crippen LogP contribution is 2.30. The average molecular weight is 472 g/mol. The van der Waals surface area contributed by atoms with Gasteiger partial charge in [-0.3, -0.25) is 9.59 Å². The summed E-state index contributed by atoms with van der Waals surface area (Å²) < 4.78 is 5.24. The number of aromatic nitrogens is 2. The van der Waals surface area contributed by atoms with Crippen molar-refractivity contribution < 1.29 is 14.3 Å². The minimum Gasteiger partial charge on any atom is -0.466 e. The van der Waals surface area contributed by atoms with Gasteiger partial charge in [0.1, 0.15) is 5.69 Å². The molecule has 1 aliphatic heterocycles. The topological polar surface area (TPSA) is 108 Å². The van der Waals surface area contributed by atoms with Crippen LogP contribution in [0.5, 0.6) is 0 Å². The van der Waals surface area contributed by atoms with Crippen LogP contribution in [0.4, 0.5) is 5.82 Å². The van der Waals surface area contributed by atoms with E-state index in [-0.39, 0.29) is 11.9 Å². The van der Waals surface area contributed by atoms with Crippen molar-refractivity contribution in [3.05, 3.63) is 65.9 Å². The maximum absolute atomic E-state index is 13.1. The lowest BCUT2D eigenvalue weighted by atomic mass is 9.97. The summed E-state index contributed by atoms with van der Waals surface area (Å²) in [7, 11) is 0. The summed E-state index contributed by atoms with van der Waals surface area (Å²) in [5.41, 5.74) is 2.70. The minimum atomic E-state index is -1.12. The number of amides is 1. The first kappa shape index (κ1) is 24.1. The monoisotopic (exact) mass is 471 g/mol. The molecule has 0 bridgehead atoms. The second-order valence-electron chi connectivity index (χ2n) is 8.55. The van der Waals surface area contributed by atoms with Crippen LogP contribution in [0.25, 0.3) is 11.0 Å². The van der Waals surface area contributed by atoms with Gasteiger partial charge < -0.3 is 15.0 Å². The van der Waals surface area contributed by atoms with Crippen molar-refractivity contribution in [3.8, 4) is 6.07 Å². The van der Waals surface area contributed by atoms with E-state index < -0.39 is 11.8 Å². The van der Waals surface area contributed by atoms with Crippen LogP contribution in [0.2, 0.25) is 0 Å². The summed E-state index contributed by atoms with van der Waals surface area (Å²) in [6.45, 7) is 3.59. The van der Waals surface area contributed by atoms with E-state index in [1.54, 1.807) is 6.92 Å². The molecule has 2 heterocycles. The molecule has 35 heavy (non-hydrogen) atoms. The van der Waals surface area contributed by atoms with Gasteiger partial charge in [-0.05, 0) is 43.9 Å². The molecule has 0 radical (unpaired) electrons. The first-order valence-electron chi connectivity index (χ1n) is 12.0. The van der Waals surface area contributed by atoms with Crippen LogP contribution in [0.1, 0.15) is 36.9 Å². The third-order valence-corrected chi connectivity index (χ3v) is 6.14. The summed E-state index contributed by atoms with van der Waals surface area (Å²) in [6, 6.07) is 19.4. The van der Waals surface area contributed by atoms with Crippen LogP contribution in [0.3, 0.4) is 0 Å². The number of carbonyl (C=O) groups excluding carboxylic acids is 2. The van der Waals surface area contributed by atoms with E-state index >= 15 is 0 Å². The third-order valence-electron chi connectivity index (χ3n) is 6.14. The first-order valence-corrected chi connectivity index (χ1v) is 12.0. The number of anilines is 1. The van der Waals surface area contributed by atoms with Gasteiger partial charge in [-0.1, -0.05) is 42.5 Å². The van der Waals surface area contributed by atoms with Crippen molar-refractivity contribution >= 4 is 28.7 Å². The zero-order chi connectivity index (χ0) is 24.6. The minimum absolute atomic E-state index is 0.233. The summed E-state index contributed by atoms with van der Waals surface area (Å²) >= 11 is 0. The van der Waals surface area contributed by atoms with Gasteiger partial charge in [-0.2, -0.15) is 5.26 Å². The van der Waals surface area contributed by atoms with Crippen LogP contribution in [-0.2, 0) is 20.7 Å². The fraction of sp³-hybridized carbons (Fsp3) is 0.370. The Kier molecular flexibility index (Phi) is 7.88. The van der Waals surface area contributed by atoms with E-state index in [0.29, 0.717) is 55.2 Å². The Hall–Kier alpha value is -3.99. The maximum Gasteiger partial charge on any atom is 0.310 e. The number of fused-ring (bicyclic) bond motifs is 1. The number of nitrogens with zero attached hydrogens (tertiary/aromatic N) is 4. The molecule has 0 aliphatic carbocycles. The molecule has 180 valence electrons. The van der Waals surface area contributed by atoms with Crippen LogP contribution >= 0.6 is 0 Å². The molecule has 0 spiro atoms. The molecule has 8 nitrogen and oxygen atoms in total. The molecule has 0 saturated carbocycles. The summed E-state index contributed by atoms with van der Waals surface area (Å²) in [4.78, 5) is 37.0. The van der Waals surface area contributed by atoms with Gasteiger partial charge in [-0.15, -0.1) is 0 Å². The highest BCUT2D eigenvalue weighted by molar-refractivity contribution is 5.89. The van der Waals surface area contributed by atoms with Crippen LogP contribution < -0.4 is 10.2 Å². The lowest BCUT2D eigenvalue weighted by Gasteiger charge is -2.33.